The number of hydrogen-bond acceptors (Lipinski definition) is 4. The number of rotatable bonds is 4. The van der Waals surface area contributed by atoms with Crippen molar-refractivity contribution in [1.29, 1.82) is 0 Å². The number of benzene rings is 2. The average Bonchev–Trinajstić information content (AvgIpc) is 2.57. The first-order chi connectivity index (χ1) is 11.6. The lowest BCUT2D eigenvalue weighted by atomic mass is 10.1. The molecular formula is C19H24N3O2+. The van der Waals surface area contributed by atoms with E-state index in [2.05, 4.69) is 36.3 Å². The topological polar surface area (TPSA) is 60.5 Å². The van der Waals surface area contributed by atoms with Crippen LogP contribution in [0.2, 0.25) is 0 Å². The van der Waals surface area contributed by atoms with Gasteiger partial charge in [0.25, 0.3) is 0 Å². The van der Waals surface area contributed by atoms with Crippen LogP contribution in [-0.4, -0.2) is 47.6 Å². The van der Waals surface area contributed by atoms with Gasteiger partial charge in [-0.05, 0) is 19.1 Å². The fourth-order valence-corrected chi connectivity index (χ4v) is 2.88. The van der Waals surface area contributed by atoms with Crippen molar-refractivity contribution in [2.75, 3.05) is 26.2 Å². The Balaban J connectivity index is 1.51. The van der Waals surface area contributed by atoms with E-state index in [1.807, 2.05) is 5.01 Å². The summed E-state index contributed by atoms with van der Waals surface area (Å²) in [5.41, 5.74) is 3.29. The lowest BCUT2D eigenvalue weighted by Crippen LogP contribution is -3.13. The second-order valence-electron chi connectivity index (χ2n) is 6.35. The van der Waals surface area contributed by atoms with Crippen molar-refractivity contribution in [3.8, 4) is 11.5 Å². The molecule has 1 fully saturated rings. The van der Waals surface area contributed by atoms with Gasteiger partial charge in [-0.15, -0.1) is 0 Å². The van der Waals surface area contributed by atoms with E-state index in [1.54, 1.807) is 23.2 Å². The largest absolute Gasteiger partial charge is 0.508 e. The third-order valence-corrected chi connectivity index (χ3v) is 4.40. The lowest BCUT2D eigenvalue weighted by Gasteiger charge is -2.30. The molecule has 3 N–H and O–H groups in total. The highest BCUT2D eigenvalue weighted by Crippen LogP contribution is 2.20. The third-order valence-electron chi connectivity index (χ3n) is 4.40. The zero-order chi connectivity index (χ0) is 16.9. The van der Waals surface area contributed by atoms with Gasteiger partial charge in [0.1, 0.15) is 18.0 Å². The number of phenols is 2. The summed E-state index contributed by atoms with van der Waals surface area (Å²) in [4.78, 5) is 1.57. The van der Waals surface area contributed by atoms with Crippen LogP contribution < -0.4 is 4.90 Å². The Labute approximate surface area is 142 Å². The van der Waals surface area contributed by atoms with Gasteiger partial charge in [-0.1, -0.05) is 29.8 Å². The normalized spacial score (nSPS) is 16.0. The number of nitrogens with one attached hydrogen (secondary N) is 1. The van der Waals surface area contributed by atoms with E-state index in [0.29, 0.717) is 5.56 Å². The molecule has 1 heterocycles. The van der Waals surface area contributed by atoms with Crippen molar-refractivity contribution in [1.82, 2.24) is 5.01 Å². The van der Waals surface area contributed by atoms with Crippen molar-refractivity contribution < 1.29 is 15.1 Å². The minimum atomic E-state index is 0.0439. The number of nitrogens with zero attached hydrogens (tertiary/aromatic N) is 2. The van der Waals surface area contributed by atoms with Gasteiger partial charge >= 0.3 is 0 Å². The molecule has 1 aliphatic heterocycles. The molecule has 0 aliphatic carbocycles. The maximum absolute atomic E-state index is 9.77. The van der Waals surface area contributed by atoms with E-state index in [4.69, 9.17) is 0 Å². The number of hydrogen-bond donors (Lipinski definition) is 3. The van der Waals surface area contributed by atoms with Gasteiger partial charge in [0.15, 0.2) is 0 Å². The van der Waals surface area contributed by atoms with E-state index in [1.165, 1.54) is 17.2 Å². The Hall–Kier alpha value is -2.53. The molecule has 2 aromatic carbocycles. The summed E-state index contributed by atoms with van der Waals surface area (Å²) in [6, 6.07) is 13.3. The van der Waals surface area contributed by atoms with Crippen LogP contribution in [-0.2, 0) is 6.54 Å². The Morgan fingerprint density at radius 3 is 2.46 bits per heavy atom. The van der Waals surface area contributed by atoms with Crippen molar-refractivity contribution in [2.45, 2.75) is 13.5 Å². The molecule has 126 valence electrons. The summed E-state index contributed by atoms with van der Waals surface area (Å²) in [6.45, 7) is 7.06. The highest BCUT2D eigenvalue weighted by atomic mass is 16.3. The smallest absolute Gasteiger partial charge is 0.128 e. The summed E-state index contributed by atoms with van der Waals surface area (Å²) < 4.78 is 0. The van der Waals surface area contributed by atoms with Crippen LogP contribution in [0, 0.1) is 6.92 Å². The quantitative estimate of drug-likeness (QED) is 0.739. The van der Waals surface area contributed by atoms with Crippen LogP contribution in [0.5, 0.6) is 11.5 Å². The Bertz CT molecular complexity index is 705. The van der Waals surface area contributed by atoms with E-state index in [0.717, 1.165) is 32.7 Å². The van der Waals surface area contributed by atoms with Gasteiger partial charge < -0.3 is 15.1 Å². The number of quaternary nitrogens is 1. The van der Waals surface area contributed by atoms with Gasteiger partial charge in [0, 0.05) is 17.2 Å². The molecule has 2 aromatic rings. The summed E-state index contributed by atoms with van der Waals surface area (Å²) in [5, 5.41) is 25.6. The second kappa shape index (κ2) is 7.36. The molecule has 1 aliphatic rings. The number of phenolic OH excluding ortho intramolecular Hbond substituents is 2. The minimum Gasteiger partial charge on any atom is -0.508 e. The van der Waals surface area contributed by atoms with E-state index >= 15 is 0 Å². The average molecular weight is 326 g/mol. The first-order valence-corrected chi connectivity index (χ1v) is 8.30. The van der Waals surface area contributed by atoms with E-state index in [9.17, 15) is 10.2 Å². The summed E-state index contributed by atoms with van der Waals surface area (Å²) in [7, 11) is 0. The molecule has 3 rings (SSSR count). The molecule has 0 atom stereocenters. The first kappa shape index (κ1) is 16.3. The second-order valence-corrected chi connectivity index (χ2v) is 6.35. The van der Waals surface area contributed by atoms with Crippen LogP contribution in [0.15, 0.2) is 47.6 Å². The zero-order valence-corrected chi connectivity index (χ0v) is 13.9. The summed E-state index contributed by atoms with van der Waals surface area (Å²) in [6.07, 6.45) is 1.65. The predicted molar refractivity (Wildman–Crippen MR) is 94.5 cm³/mol. The van der Waals surface area contributed by atoms with Crippen molar-refractivity contribution >= 4 is 6.21 Å². The standard InChI is InChI=1S/C19H23N3O2/c1-15-2-4-16(5-3-15)14-21-8-10-22(11-9-21)20-13-17-6-7-18(23)12-19(17)24/h2-7,12-13,23-24H,8-11,14H2,1H3/p+1/b20-13+. The van der Waals surface area contributed by atoms with Crippen LogP contribution in [0.4, 0.5) is 0 Å². The van der Waals surface area contributed by atoms with Crippen molar-refractivity contribution in [3.05, 3.63) is 59.2 Å². The number of aromatic hydroxyl groups is 2. The van der Waals surface area contributed by atoms with Gasteiger partial charge in [-0.2, -0.15) is 5.10 Å². The Morgan fingerprint density at radius 1 is 1.08 bits per heavy atom. The number of piperazine rings is 1. The molecule has 0 spiro atoms. The molecule has 24 heavy (non-hydrogen) atoms. The molecular weight excluding hydrogens is 302 g/mol. The predicted octanol–water partition coefficient (Wildman–Crippen LogP) is 1.14. The first-order valence-electron chi connectivity index (χ1n) is 8.30. The number of hydrazone groups is 1. The van der Waals surface area contributed by atoms with Crippen molar-refractivity contribution in [3.63, 3.8) is 0 Å². The fraction of sp³-hybridized carbons (Fsp3) is 0.316. The van der Waals surface area contributed by atoms with Gasteiger partial charge in [0.2, 0.25) is 0 Å². The van der Waals surface area contributed by atoms with Gasteiger partial charge in [-0.25, -0.2) is 0 Å². The number of aryl methyl sites for hydroxylation is 1. The monoisotopic (exact) mass is 326 g/mol. The molecule has 5 nitrogen and oxygen atoms in total. The van der Waals surface area contributed by atoms with Crippen LogP contribution in [0.25, 0.3) is 0 Å². The SMILES string of the molecule is Cc1ccc(C[NH+]2CCN(/N=C/c3ccc(O)cc3O)CC2)cc1. The van der Waals surface area contributed by atoms with E-state index < -0.39 is 0 Å². The van der Waals surface area contributed by atoms with Gasteiger partial charge in [0.05, 0.1) is 32.4 Å². The summed E-state index contributed by atoms with van der Waals surface area (Å²) >= 11 is 0. The molecule has 5 heteroatoms. The van der Waals surface area contributed by atoms with Crippen LogP contribution in [0.1, 0.15) is 16.7 Å². The molecule has 0 radical (unpaired) electrons. The molecule has 0 saturated carbocycles. The minimum absolute atomic E-state index is 0.0439. The molecule has 0 aromatic heterocycles. The highest BCUT2D eigenvalue weighted by Gasteiger charge is 2.18. The van der Waals surface area contributed by atoms with E-state index in [-0.39, 0.29) is 11.5 Å². The maximum Gasteiger partial charge on any atom is 0.128 e. The lowest BCUT2D eigenvalue weighted by molar-refractivity contribution is -0.918. The van der Waals surface area contributed by atoms with Crippen molar-refractivity contribution in [2.24, 2.45) is 5.10 Å². The molecule has 0 bridgehead atoms. The third kappa shape index (κ3) is 4.26. The zero-order valence-electron chi connectivity index (χ0n) is 13.9. The Kier molecular flexibility index (Phi) is 5.01. The van der Waals surface area contributed by atoms with Crippen LogP contribution in [0.3, 0.4) is 0 Å². The molecule has 1 saturated heterocycles. The molecule has 0 unspecified atom stereocenters. The fourth-order valence-electron chi connectivity index (χ4n) is 2.88. The van der Waals surface area contributed by atoms with Gasteiger partial charge in [-0.3, -0.25) is 5.01 Å². The summed E-state index contributed by atoms with van der Waals surface area (Å²) in [5.74, 6) is 0.0975. The van der Waals surface area contributed by atoms with Crippen LogP contribution >= 0.6 is 0 Å². The molecule has 0 amide bonds. The maximum atomic E-state index is 9.77. The Morgan fingerprint density at radius 2 is 1.79 bits per heavy atom. The highest BCUT2D eigenvalue weighted by molar-refractivity contribution is 5.83.